The van der Waals surface area contributed by atoms with Crippen molar-refractivity contribution < 1.29 is 17.9 Å². The summed E-state index contributed by atoms with van der Waals surface area (Å²) in [6.07, 6.45) is 3.68. The Labute approximate surface area is 176 Å². The molecule has 1 N–H and O–H groups in total. The number of ether oxygens (including phenoxy) is 1. The van der Waals surface area contributed by atoms with Crippen LogP contribution in [0, 0.1) is 0 Å². The fourth-order valence-electron chi connectivity index (χ4n) is 3.84. The molecule has 0 unspecified atom stereocenters. The largest absolute Gasteiger partial charge is 0.495 e. The van der Waals surface area contributed by atoms with Gasteiger partial charge in [0.15, 0.2) is 0 Å². The number of amides is 1. The van der Waals surface area contributed by atoms with Crippen LogP contribution in [0.4, 0.5) is 5.69 Å². The lowest BCUT2D eigenvalue weighted by Gasteiger charge is -2.18. The van der Waals surface area contributed by atoms with E-state index < -0.39 is 10.0 Å². The molecule has 2 aromatic carbocycles. The quantitative estimate of drug-likeness (QED) is 0.650. The van der Waals surface area contributed by atoms with Gasteiger partial charge in [-0.15, -0.1) is 0 Å². The Kier molecular flexibility index (Phi) is 5.53. The molecule has 0 aliphatic carbocycles. The first kappa shape index (κ1) is 20.4. The van der Waals surface area contributed by atoms with Gasteiger partial charge in [0.1, 0.15) is 10.6 Å². The molecule has 4 rings (SSSR count). The highest BCUT2D eigenvalue weighted by molar-refractivity contribution is 7.89. The third kappa shape index (κ3) is 3.68. The smallest absolute Gasteiger partial charge is 0.255 e. The van der Waals surface area contributed by atoms with Crippen molar-refractivity contribution in [2.75, 3.05) is 25.5 Å². The van der Waals surface area contributed by atoms with E-state index >= 15 is 0 Å². The van der Waals surface area contributed by atoms with Gasteiger partial charge >= 0.3 is 0 Å². The van der Waals surface area contributed by atoms with Gasteiger partial charge in [-0.1, -0.05) is 0 Å². The Bertz CT molecular complexity index is 1190. The maximum Gasteiger partial charge on any atom is 0.255 e. The minimum atomic E-state index is -3.71. The maximum absolute atomic E-state index is 13.0. The molecule has 0 bridgehead atoms. The lowest BCUT2D eigenvalue weighted by Crippen LogP contribution is -2.28. The second-order valence-electron chi connectivity index (χ2n) is 7.31. The number of sulfonamides is 1. The van der Waals surface area contributed by atoms with Gasteiger partial charge in [-0.25, -0.2) is 8.42 Å². The van der Waals surface area contributed by atoms with Crippen molar-refractivity contribution in [3.8, 4) is 5.75 Å². The van der Waals surface area contributed by atoms with Crippen molar-refractivity contribution in [3.63, 3.8) is 0 Å². The van der Waals surface area contributed by atoms with Gasteiger partial charge in [-0.3, -0.25) is 4.79 Å². The number of methoxy groups -OCH3 is 1. The molecule has 1 aliphatic heterocycles. The van der Waals surface area contributed by atoms with E-state index in [-0.39, 0.29) is 22.1 Å². The molecule has 1 aliphatic rings. The Hall–Kier alpha value is -2.84. The van der Waals surface area contributed by atoms with Gasteiger partial charge < -0.3 is 14.6 Å². The second kappa shape index (κ2) is 8.12. The highest BCUT2D eigenvalue weighted by Crippen LogP contribution is 2.30. The van der Waals surface area contributed by atoms with Crippen LogP contribution in [0.25, 0.3) is 10.9 Å². The van der Waals surface area contributed by atoms with Crippen LogP contribution in [0.3, 0.4) is 0 Å². The summed E-state index contributed by atoms with van der Waals surface area (Å²) >= 11 is 0. The van der Waals surface area contributed by atoms with E-state index in [0.717, 1.165) is 30.3 Å². The molecular weight excluding hydrogens is 402 g/mol. The molecule has 30 heavy (non-hydrogen) atoms. The van der Waals surface area contributed by atoms with E-state index in [2.05, 4.69) is 16.8 Å². The number of nitrogens with one attached hydrogen (secondary N) is 1. The number of nitrogens with zero attached hydrogens (tertiary/aromatic N) is 2. The SMILES string of the molecule is CCn1ccc2cc(NC(=O)c3ccc(OC)c(S(=O)(=O)N4CCCC4)c3)ccc21. The number of anilines is 1. The van der Waals surface area contributed by atoms with Crippen LogP contribution in [0.15, 0.2) is 53.6 Å². The van der Waals surface area contributed by atoms with Crippen LogP contribution < -0.4 is 10.1 Å². The third-order valence-corrected chi connectivity index (χ3v) is 7.40. The first-order chi connectivity index (χ1) is 14.4. The minimum Gasteiger partial charge on any atom is -0.495 e. The molecule has 0 saturated carbocycles. The summed E-state index contributed by atoms with van der Waals surface area (Å²) in [4.78, 5) is 12.9. The van der Waals surface area contributed by atoms with Crippen molar-refractivity contribution in [2.24, 2.45) is 0 Å². The van der Waals surface area contributed by atoms with Crippen LogP contribution in [0.5, 0.6) is 5.75 Å². The summed E-state index contributed by atoms with van der Waals surface area (Å²) in [6.45, 7) is 3.92. The Morgan fingerprint density at radius 2 is 1.87 bits per heavy atom. The van der Waals surface area contributed by atoms with Gasteiger partial charge in [-0.2, -0.15) is 4.31 Å². The zero-order chi connectivity index (χ0) is 21.3. The average Bonchev–Trinajstić information content (AvgIpc) is 3.43. The highest BCUT2D eigenvalue weighted by atomic mass is 32.2. The first-order valence-corrected chi connectivity index (χ1v) is 11.5. The number of hydrogen-bond donors (Lipinski definition) is 1. The molecule has 0 spiro atoms. The number of rotatable bonds is 6. The predicted molar refractivity (Wildman–Crippen MR) is 117 cm³/mol. The van der Waals surface area contributed by atoms with E-state index in [0.29, 0.717) is 18.8 Å². The Morgan fingerprint density at radius 3 is 2.57 bits per heavy atom. The molecule has 7 nitrogen and oxygen atoms in total. The lowest BCUT2D eigenvalue weighted by atomic mass is 10.2. The molecule has 8 heteroatoms. The Morgan fingerprint density at radius 1 is 1.10 bits per heavy atom. The van der Waals surface area contributed by atoms with Crippen molar-refractivity contribution >= 4 is 32.5 Å². The maximum atomic E-state index is 13.0. The number of hydrogen-bond acceptors (Lipinski definition) is 4. The molecule has 1 saturated heterocycles. The van der Waals surface area contributed by atoms with E-state index in [1.807, 2.05) is 30.5 Å². The first-order valence-electron chi connectivity index (χ1n) is 10.0. The number of carbonyl (C=O) groups excluding carboxylic acids is 1. The summed E-state index contributed by atoms with van der Waals surface area (Å²) in [5, 5.41) is 3.90. The van der Waals surface area contributed by atoms with Gasteiger partial charge in [-0.05, 0) is 62.2 Å². The lowest BCUT2D eigenvalue weighted by molar-refractivity contribution is 0.102. The van der Waals surface area contributed by atoms with Gasteiger partial charge in [0.25, 0.3) is 5.91 Å². The molecule has 2 heterocycles. The molecule has 158 valence electrons. The van der Waals surface area contributed by atoms with Crippen LogP contribution in [0.1, 0.15) is 30.1 Å². The Balaban J connectivity index is 1.63. The molecule has 1 aromatic heterocycles. The van der Waals surface area contributed by atoms with Crippen molar-refractivity contribution in [1.29, 1.82) is 0 Å². The fourth-order valence-corrected chi connectivity index (χ4v) is 5.54. The summed E-state index contributed by atoms with van der Waals surface area (Å²) in [7, 11) is -2.29. The predicted octanol–water partition coefficient (Wildman–Crippen LogP) is 3.71. The van der Waals surface area contributed by atoms with Crippen molar-refractivity contribution in [1.82, 2.24) is 8.87 Å². The number of fused-ring (bicyclic) bond motifs is 1. The summed E-state index contributed by atoms with van der Waals surface area (Å²) < 4.78 is 34.9. The fraction of sp³-hybridized carbons (Fsp3) is 0.318. The summed E-state index contributed by atoms with van der Waals surface area (Å²) in [6, 6.07) is 12.2. The van der Waals surface area contributed by atoms with E-state index in [4.69, 9.17) is 4.74 Å². The van der Waals surface area contributed by atoms with E-state index in [9.17, 15) is 13.2 Å². The van der Waals surface area contributed by atoms with Gasteiger partial charge in [0, 0.05) is 48.0 Å². The third-order valence-electron chi connectivity index (χ3n) is 5.48. The van der Waals surface area contributed by atoms with Gasteiger partial charge in [0.05, 0.1) is 7.11 Å². The topological polar surface area (TPSA) is 80.6 Å². The minimum absolute atomic E-state index is 0.0232. The molecule has 1 amide bonds. The molecular formula is C22H25N3O4S. The van der Waals surface area contributed by atoms with Crippen LogP contribution in [-0.2, 0) is 16.6 Å². The number of aromatic nitrogens is 1. The molecule has 3 aromatic rings. The van der Waals surface area contributed by atoms with Crippen molar-refractivity contribution in [3.05, 3.63) is 54.2 Å². The molecule has 0 radical (unpaired) electrons. The van der Waals surface area contributed by atoms with E-state index in [1.54, 1.807) is 6.07 Å². The number of benzene rings is 2. The highest BCUT2D eigenvalue weighted by Gasteiger charge is 2.30. The standard InChI is InChI=1S/C22H25N3O4S/c1-3-24-13-10-16-14-18(7-8-19(16)24)23-22(26)17-6-9-20(29-2)21(15-17)30(27,28)25-11-4-5-12-25/h6-10,13-15H,3-5,11-12H2,1-2H3,(H,23,26). The number of aryl methyl sites for hydroxylation is 1. The van der Waals surface area contributed by atoms with Crippen LogP contribution >= 0.6 is 0 Å². The molecule has 1 fully saturated rings. The van der Waals surface area contributed by atoms with Crippen LogP contribution in [0.2, 0.25) is 0 Å². The normalized spacial score (nSPS) is 14.9. The molecule has 0 atom stereocenters. The summed E-state index contributed by atoms with van der Waals surface area (Å²) in [5.41, 5.74) is 2.01. The van der Waals surface area contributed by atoms with Crippen molar-refractivity contribution in [2.45, 2.75) is 31.2 Å². The summed E-state index contributed by atoms with van der Waals surface area (Å²) in [5.74, 6) is -0.134. The second-order valence-corrected chi connectivity index (χ2v) is 9.21. The number of carbonyl (C=O) groups is 1. The monoisotopic (exact) mass is 427 g/mol. The average molecular weight is 428 g/mol. The zero-order valence-corrected chi connectivity index (χ0v) is 17.9. The van der Waals surface area contributed by atoms with E-state index in [1.165, 1.54) is 23.5 Å². The van der Waals surface area contributed by atoms with Crippen LogP contribution in [-0.4, -0.2) is 43.4 Å². The van der Waals surface area contributed by atoms with Gasteiger partial charge in [0.2, 0.25) is 10.0 Å². The zero-order valence-electron chi connectivity index (χ0n) is 17.1.